The van der Waals surface area contributed by atoms with Crippen molar-refractivity contribution >= 4 is 17.3 Å². The van der Waals surface area contributed by atoms with E-state index in [0.717, 1.165) is 18.7 Å². The van der Waals surface area contributed by atoms with E-state index in [-0.39, 0.29) is 5.97 Å². The van der Waals surface area contributed by atoms with E-state index in [1.54, 1.807) is 11.3 Å². The maximum Gasteiger partial charge on any atom is 0.309 e. The molecule has 106 valence electrons. The fraction of sp³-hybridized carbons (Fsp3) is 0.312. The van der Waals surface area contributed by atoms with Crippen LogP contribution in [0.5, 0.6) is 0 Å². The van der Waals surface area contributed by atoms with E-state index in [4.69, 9.17) is 4.74 Å². The van der Waals surface area contributed by atoms with Crippen molar-refractivity contribution in [1.29, 1.82) is 0 Å². The van der Waals surface area contributed by atoms with Crippen molar-refractivity contribution in [2.24, 2.45) is 0 Å². The summed E-state index contributed by atoms with van der Waals surface area (Å²) < 4.78 is 4.75. The van der Waals surface area contributed by atoms with Gasteiger partial charge in [-0.1, -0.05) is 30.3 Å². The Bertz CT molecular complexity index is 551. The van der Waals surface area contributed by atoms with Crippen LogP contribution in [-0.2, 0) is 29.0 Å². The van der Waals surface area contributed by atoms with Crippen LogP contribution in [-0.4, -0.2) is 25.0 Å². The largest absolute Gasteiger partial charge is 0.469 e. The fourth-order valence-corrected chi connectivity index (χ4v) is 2.91. The van der Waals surface area contributed by atoms with Crippen LogP contribution in [0.25, 0.3) is 0 Å². The first-order valence-electron chi connectivity index (χ1n) is 6.53. The molecule has 4 heteroatoms. The molecule has 0 aliphatic carbocycles. The molecule has 3 nitrogen and oxygen atoms in total. The lowest BCUT2D eigenvalue weighted by atomic mass is 10.0. The molecule has 0 fully saturated rings. The third-order valence-corrected chi connectivity index (χ3v) is 3.99. The standard InChI is InChI=1S/C16H19NO2S/c1-17(12-15-8-5-9-20-15)11-14-7-4-3-6-13(14)10-16(18)19-2/h3-9H,10-12H2,1-2H3. The van der Waals surface area contributed by atoms with Gasteiger partial charge < -0.3 is 4.74 Å². The highest BCUT2D eigenvalue weighted by atomic mass is 32.1. The van der Waals surface area contributed by atoms with E-state index in [0.29, 0.717) is 6.42 Å². The smallest absolute Gasteiger partial charge is 0.309 e. The van der Waals surface area contributed by atoms with Gasteiger partial charge in [0.05, 0.1) is 13.5 Å². The van der Waals surface area contributed by atoms with Crippen molar-refractivity contribution in [3.63, 3.8) is 0 Å². The Morgan fingerprint density at radius 3 is 2.55 bits per heavy atom. The molecule has 1 heterocycles. The predicted molar refractivity (Wildman–Crippen MR) is 81.7 cm³/mol. The zero-order valence-electron chi connectivity index (χ0n) is 11.8. The van der Waals surface area contributed by atoms with E-state index < -0.39 is 0 Å². The van der Waals surface area contributed by atoms with Crippen molar-refractivity contribution in [3.05, 3.63) is 57.8 Å². The van der Waals surface area contributed by atoms with Gasteiger partial charge in [0.2, 0.25) is 0 Å². The quantitative estimate of drug-likeness (QED) is 0.765. The topological polar surface area (TPSA) is 29.5 Å². The molecule has 0 bridgehead atoms. The van der Waals surface area contributed by atoms with Crippen molar-refractivity contribution in [2.75, 3.05) is 14.2 Å². The van der Waals surface area contributed by atoms with Gasteiger partial charge in [0, 0.05) is 18.0 Å². The van der Waals surface area contributed by atoms with Gasteiger partial charge in [-0.2, -0.15) is 0 Å². The summed E-state index contributed by atoms with van der Waals surface area (Å²) in [6, 6.07) is 12.2. The van der Waals surface area contributed by atoms with Crippen LogP contribution in [0.15, 0.2) is 41.8 Å². The molecular formula is C16H19NO2S. The van der Waals surface area contributed by atoms with E-state index in [9.17, 15) is 4.79 Å². The number of rotatable bonds is 6. The van der Waals surface area contributed by atoms with Gasteiger partial charge >= 0.3 is 5.97 Å². The first-order chi connectivity index (χ1) is 9.69. The Morgan fingerprint density at radius 2 is 1.90 bits per heavy atom. The van der Waals surface area contributed by atoms with Crippen LogP contribution < -0.4 is 0 Å². The molecule has 20 heavy (non-hydrogen) atoms. The van der Waals surface area contributed by atoms with Crippen molar-refractivity contribution < 1.29 is 9.53 Å². The predicted octanol–water partition coefficient (Wildman–Crippen LogP) is 3.10. The van der Waals surface area contributed by atoms with Crippen LogP contribution in [0.1, 0.15) is 16.0 Å². The Hall–Kier alpha value is -1.65. The summed E-state index contributed by atoms with van der Waals surface area (Å²) in [7, 11) is 3.52. The molecule has 0 saturated carbocycles. The average molecular weight is 289 g/mol. The van der Waals surface area contributed by atoms with Crippen molar-refractivity contribution in [3.8, 4) is 0 Å². The van der Waals surface area contributed by atoms with Gasteiger partial charge in [0.15, 0.2) is 0 Å². The number of nitrogens with zero attached hydrogens (tertiary/aromatic N) is 1. The van der Waals surface area contributed by atoms with Gasteiger partial charge in [-0.15, -0.1) is 11.3 Å². The Morgan fingerprint density at radius 1 is 1.15 bits per heavy atom. The molecule has 0 atom stereocenters. The maximum atomic E-state index is 11.4. The summed E-state index contributed by atoms with van der Waals surface area (Å²) in [4.78, 5) is 15.0. The van der Waals surface area contributed by atoms with Crippen LogP contribution in [0.4, 0.5) is 0 Å². The molecule has 0 unspecified atom stereocenters. The molecule has 2 rings (SSSR count). The number of hydrogen-bond acceptors (Lipinski definition) is 4. The van der Waals surface area contributed by atoms with Gasteiger partial charge in [0.25, 0.3) is 0 Å². The Balaban J connectivity index is 2.02. The minimum Gasteiger partial charge on any atom is -0.469 e. The average Bonchev–Trinajstić information content (AvgIpc) is 2.93. The third kappa shape index (κ3) is 4.18. The molecule has 0 amide bonds. The number of methoxy groups -OCH3 is 1. The van der Waals surface area contributed by atoms with Crippen molar-refractivity contribution in [1.82, 2.24) is 4.90 Å². The first kappa shape index (κ1) is 14.8. The molecule has 2 aromatic rings. The monoisotopic (exact) mass is 289 g/mol. The minimum absolute atomic E-state index is 0.196. The number of hydrogen-bond donors (Lipinski definition) is 0. The SMILES string of the molecule is COC(=O)Cc1ccccc1CN(C)Cc1cccs1. The Kier molecular flexibility index (Phi) is 5.32. The Labute approximate surface area is 123 Å². The summed E-state index contributed by atoms with van der Waals surface area (Å²) in [5.41, 5.74) is 2.22. The van der Waals surface area contributed by atoms with Gasteiger partial charge in [-0.3, -0.25) is 9.69 Å². The molecule has 0 aliphatic rings. The van der Waals surface area contributed by atoms with E-state index in [1.165, 1.54) is 17.6 Å². The third-order valence-electron chi connectivity index (χ3n) is 3.13. The highest BCUT2D eigenvalue weighted by Gasteiger charge is 2.10. The lowest BCUT2D eigenvalue weighted by Crippen LogP contribution is -2.18. The fourth-order valence-electron chi connectivity index (χ4n) is 2.13. The molecule has 0 aliphatic heterocycles. The van der Waals surface area contributed by atoms with Gasteiger partial charge in [-0.25, -0.2) is 0 Å². The van der Waals surface area contributed by atoms with Crippen LogP contribution in [0.3, 0.4) is 0 Å². The highest BCUT2D eigenvalue weighted by Crippen LogP contribution is 2.16. The summed E-state index contributed by atoms with van der Waals surface area (Å²) in [5.74, 6) is -0.196. The molecule has 1 aromatic heterocycles. The number of carbonyl (C=O) groups excluding carboxylic acids is 1. The lowest BCUT2D eigenvalue weighted by molar-refractivity contribution is -0.139. The summed E-state index contributed by atoms with van der Waals surface area (Å²) in [5, 5.41) is 2.09. The molecule has 0 spiro atoms. The zero-order valence-corrected chi connectivity index (χ0v) is 12.7. The maximum absolute atomic E-state index is 11.4. The minimum atomic E-state index is -0.196. The second kappa shape index (κ2) is 7.22. The van der Waals surface area contributed by atoms with Crippen molar-refractivity contribution in [2.45, 2.75) is 19.5 Å². The number of carbonyl (C=O) groups is 1. The van der Waals surface area contributed by atoms with Crippen LogP contribution in [0.2, 0.25) is 0 Å². The molecule has 0 N–H and O–H groups in total. The zero-order chi connectivity index (χ0) is 14.4. The number of esters is 1. The number of benzene rings is 1. The van der Waals surface area contributed by atoms with E-state index in [1.807, 2.05) is 18.2 Å². The second-order valence-corrected chi connectivity index (χ2v) is 5.81. The molecular weight excluding hydrogens is 270 g/mol. The number of thiophene rings is 1. The lowest BCUT2D eigenvalue weighted by Gasteiger charge is -2.18. The van der Waals surface area contributed by atoms with Gasteiger partial charge in [-0.05, 0) is 29.6 Å². The summed E-state index contributed by atoms with van der Waals surface area (Å²) in [6.07, 6.45) is 0.333. The molecule has 0 saturated heterocycles. The summed E-state index contributed by atoms with van der Waals surface area (Å²) >= 11 is 1.76. The van der Waals surface area contributed by atoms with Crippen LogP contribution in [0, 0.1) is 0 Å². The van der Waals surface area contributed by atoms with E-state index >= 15 is 0 Å². The van der Waals surface area contributed by atoms with E-state index in [2.05, 4.69) is 35.5 Å². The highest BCUT2D eigenvalue weighted by molar-refractivity contribution is 7.09. The van der Waals surface area contributed by atoms with Crippen LogP contribution >= 0.6 is 11.3 Å². The summed E-state index contributed by atoms with van der Waals surface area (Å²) in [6.45, 7) is 1.75. The number of ether oxygens (including phenoxy) is 1. The molecule has 0 radical (unpaired) electrons. The molecule has 1 aromatic carbocycles. The second-order valence-electron chi connectivity index (χ2n) is 4.77. The normalized spacial score (nSPS) is 10.8. The first-order valence-corrected chi connectivity index (χ1v) is 7.41. The van der Waals surface area contributed by atoms with Gasteiger partial charge in [0.1, 0.15) is 0 Å².